The average Bonchev–Trinajstić information content (AvgIpc) is 2.46. The normalized spacial score (nSPS) is 19.1. The molecule has 2 rings (SSSR count). The van der Waals surface area contributed by atoms with Gasteiger partial charge >= 0.3 is 0 Å². The van der Waals surface area contributed by atoms with Gasteiger partial charge in [0.1, 0.15) is 4.99 Å². The van der Waals surface area contributed by atoms with Crippen molar-refractivity contribution in [1.29, 1.82) is 0 Å². The molecule has 2 N–H and O–H groups in total. The molecule has 0 saturated carbocycles. The fourth-order valence-corrected chi connectivity index (χ4v) is 3.25. The highest BCUT2D eigenvalue weighted by atomic mass is 32.1. The Balaban J connectivity index is 2.54. The second-order valence-corrected chi connectivity index (χ2v) is 5.87. The molecule has 1 saturated heterocycles. The van der Waals surface area contributed by atoms with Crippen LogP contribution >= 0.6 is 12.2 Å². The summed E-state index contributed by atoms with van der Waals surface area (Å²) in [6.07, 6.45) is 5.42. The lowest BCUT2D eigenvalue weighted by atomic mass is 9.99. The smallest absolute Gasteiger partial charge is 0.162 e. The van der Waals surface area contributed by atoms with Crippen LogP contribution in [-0.2, 0) is 12.8 Å². The van der Waals surface area contributed by atoms with Gasteiger partial charge in [-0.3, -0.25) is 0 Å². The summed E-state index contributed by atoms with van der Waals surface area (Å²) in [7, 11) is 0. The van der Waals surface area contributed by atoms with E-state index in [4.69, 9.17) is 18.0 Å². The lowest BCUT2D eigenvalue weighted by Crippen LogP contribution is -2.40. The van der Waals surface area contributed by atoms with E-state index in [1.807, 2.05) is 0 Å². The van der Waals surface area contributed by atoms with Crippen LogP contribution in [0.5, 0.6) is 0 Å². The maximum Gasteiger partial charge on any atom is 0.162 e. The molecule has 1 unspecified atom stereocenters. The van der Waals surface area contributed by atoms with E-state index in [0.717, 1.165) is 36.5 Å². The molecule has 1 aromatic heterocycles. The van der Waals surface area contributed by atoms with Crippen molar-refractivity contribution in [2.45, 2.75) is 58.9 Å². The standard InChI is InChI=1S/C15H24N4S/c1-4-11-12(5-2)17-18-15(13(11)14(16)20)19-9-7-6-8-10(19)3/h10H,4-9H2,1-3H3,(H2,16,20). The molecule has 0 amide bonds. The van der Waals surface area contributed by atoms with E-state index < -0.39 is 0 Å². The first-order valence-electron chi connectivity index (χ1n) is 7.54. The Kier molecular flexibility index (Phi) is 4.91. The highest BCUT2D eigenvalue weighted by Gasteiger charge is 2.26. The van der Waals surface area contributed by atoms with Crippen molar-refractivity contribution in [1.82, 2.24) is 10.2 Å². The van der Waals surface area contributed by atoms with Crippen LogP contribution in [0.3, 0.4) is 0 Å². The molecule has 1 aromatic rings. The van der Waals surface area contributed by atoms with Crippen molar-refractivity contribution in [3.63, 3.8) is 0 Å². The maximum atomic E-state index is 6.00. The van der Waals surface area contributed by atoms with Crippen molar-refractivity contribution in [3.8, 4) is 0 Å². The van der Waals surface area contributed by atoms with Gasteiger partial charge in [0, 0.05) is 12.6 Å². The molecule has 20 heavy (non-hydrogen) atoms. The molecule has 0 bridgehead atoms. The van der Waals surface area contributed by atoms with Crippen LogP contribution in [0.4, 0.5) is 5.82 Å². The Morgan fingerprint density at radius 1 is 1.30 bits per heavy atom. The number of nitrogens with two attached hydrogens (primary N) is 1. The number of hydrogen-bond donors (Lipinski definition) is 1. The molecule has 1 aliphatic rings. The summed E-state index contributed by atoms with van der Waals surface area (Å²) >= 11 is 5.30. The number of anilines is 1. The predicted molar refractivity (Wildman–Crippen MR) is 87.3 cm³/mol. The first-order valence-corrected chi connectivity index (χ1v) is 7.95. The Labute approximate surface area is 126 Å². The lowest BCUT2D eigenvalue weighted by molar-refractivity contribution is 0.479. The van der Waals surface area contributed by atoms with Crippen molar-refractivity contribution in [2.24, 2.45) is 5.73 Å². The predicted octanol–water partition coefficient (Wildman–Crippen LogP) is 2.61. The zero-order valence-corrected chi connectivity index (χ0v) is 13.5. The lowest BCUT2D eigenvalue weighted by Gasteiger charge is -2.35. The topological polar surface area (TPSA) is 55.0 Å². The summed E-state index contributed by atoms with van der Waals surface area (Å²) in [6, 6.07) is 0.475. The Morgan fingerprint density at radius 2 is 2.05 bits per heavy atom. The number of aromatic nitrogens is 2. The fraction of sp³-hybridized carbons (Fsp3) is 0.667. The molecule has 1 aliphatic heterocycles. The van der Waals surface area contributed by atoms with Gasteiger partial charge in [0.2, 0.25) is 0 Å². The summed E-state index contributed by atoms with van der Waals surface area (Å²) in [5.41, 5.74) is 9.14. The van der Waals surface area contributed by atoms with Gasteiger partial charge in [0.25, 0.3) is 0 Å². The summed E-state index contributed by atoms with van der Waals surface area (Å²) in [4.78, 5) is 2.77. The van der Waals surface area contributed by atoms with E-state index in [1.54, 1.807) is 0 Å². The fourth-order valence-electron chi connectivity index (χ4n) is 3.03. The van der Waals surface area contributed by atoms with Crippen LogP contribution < -0.4 is 10.6 Å². The molecule has 1 fully saturated rings. The third kappa shape index (κ3) is 2.77. The summed E-state index contributed by atoms with van der Waals surface area (Å²) in [5.74, 6) is 0.888. The maximum absolute atomic E-state index is 6.00. The van der Waals surface area contributed by atoms with Crippen molar-refractivity contribution in [3.05, 3.63) is 16.8 Å². The average molecular weight is 292 g/mol. The highest BCUT2D eigenvalue weighted by Crippen LogP contribution is 2.29. The van der Waals surface area contributed by atoms with Gasteiger partial charge in [-0.25, -0.2) is 0 Å². The van der Waals surface area contributed by atoms with Crippen LogP contribution in [0, 0.1) is 0 Å². The zero-order valence-electron chi connectivity index (χ0n) is 12.6. The molecular formula is C15H24N4S. The number of aryl methyl sites for hydroxylation is 1. The third-order valence-electron chi connectivity index (χ3n) is 4.15. The Bertz CT molecular complexity index is 501. The van der Waals surface area contributed by atoms with Crippen molar-refractivity contribution < 1.29 is 0 Å². The molecule has 0 radical (unpaired) electrons. The first-order chi connectivity index (χ1) is 9.60. The number of hydrogen-bond acceptors (Lipinski definition) is 4. The summed E-state index contributed by atoms with van der Waals surface area (Å²) in [6.45, 7) is 7.47. The van der Waals surface area contributed by atoms with Gasteiger partial charge in [-0.15, -0.1) is 5.10 Å². The Morgan fingerprint density at radius 3 is 2.60 bits per heavy atom. The largest absolute Gasteiger partial charge is 0.389 e. The van der Waals surface area contributed by atoms with Gasteiger partial charge in [0.05, 0.1) is 11.3 Å². The molecule has 110 valence electrons. The highest BCUT2D eigenvalue weighted by molar-refractivity contribution is 7.80. The zero-order chi connectivity index (χ0) is 14.7. The quantitative estimate of drug-likeness (QED) is 0.865. The number of piperidine rings is 1. The van der Waals surface area contributed by atoms with E-state index in [2.05, 4.69) is 35.9 Å². The van der Waals surface area contributed by atoms with Crippen molar-refractivity contribution in [2.75, 3.05) is 11.4 Å². The number of nitrogens with zero attached hydrogens (tertiary/aromatic N) is 3. The van der Waals surface area contributed by atoms with Crippen LogP contribution in [-0.4, -0.2) is 27.8 Å². The SMILES string of the molecule is CCc1nnc(N2CCCCC2C)c(C(N)=S)c1CC. The van der Waals surface area contributed by atoms with E-state index in [9.17, 15) is 0 Å². The molecule has 2 heterocycles. The molecule has 1 atom stereocenters. The second-order valence-electron chi connectivity index (χ2n) is 5.43. The Hall–Kier alpha value is -1.23. The third-order valence-corrected chi connectivity index (χ3v) is 4.35. The molecular weight excluding hydrogens is 268 g/mol. The van der Waals surface area contributed by atoms with Crippen molar-refractivity contribution >= 4 is 23.0 Å². The van der Waals surface area contributed by atoms with Crippen LogP contribution in [0.25, 0.3) is 0 Å². The van der Waals surface area contributed by atoms with Crippen LogP contribution in [0.2, 0.25) is 0 Å². The second kappa shape index (κ2) is 6.48. The number of rotatable bonds is 4. The number of thiocarbonyl (C=S) groups is 1. The summed E-state index contributed by atoms with van der Waals surface area (Å²) in [5, 5.41) is 8.88. The molecule has 4 nitrogen and oxygen atoms in total. The van der Waals surface area contributed by atoms with Crippen LogP contribution in [0.1, 0.15) is 56.9 Å². The molecule has 0 aromatic carbocycles. The van der Waals surface area contributed by atoms with E-state index in [0.29, 0.717) is 11.0 Å². The molecule has 0 aliphatic carbocycles. The first kappa shape index (κ1) is 15.2. The summed E-state index contributed by atoms with van der Waals surface area (Å²) < 4.78 is 0. The van der Waals surface area contributed by atoms with E-state index >= 15 is 0 Å². The minimum absolute atomic E-state index is 0.444. The van der Waals surface area contributed by atoms with Gasteiger partial charge in [0.15, 0.2) is 5.82 Å². The van der Waals surface area contributed by atoms with Gasteiger partial charge < -0.3 is 10.6 Å². The minimum Gasteiger partial charge on any atom is -0.389 e. The minimum atomic E-state index is 0.444. The van der Waals surface area contributed by atoms with Gasteiger partial charge in [-0.05, 0) is 44.6 Å². The molecule has 0 spiro atoms. The monoisotopic (exact) mass is 292 g/mol. The van der Waals surface area contributed by atoms with Gasteiger partial charge in [-0.2, -0.15) is 5.10 Å². The van der Waals surface area contributed by atoms with Gasteiger partial charge in [-0.1, -0.05) is 26.1 Å². The van der Waals surface area contributed by atoms with Crippen LogP contribution in [0.15, 0.2) is 0 Å². The van der Waals surface area contributed by atoms with E-state index in [-0.39, 0.29) is 0 Å². The molecule has 5 heteroatoms. The van der Waals surface area contributed by atoms with E-state index in [1.165, 1.54) is 24.8 Å².